The minimum Gasteiger partial charge on any atom is -0.454 e. The molecule has 170 valence electrons. The lowest BCUT2D eigenvalue weighted by atomic mass is 10.2. The molecule has 0 atom stereocenters. The Labute approximate surface area is 194 Å². The van der Waals surface area contributed by atoms with Crippen LogP contribution in [0.3, 0.4) is 0 Å². The number of rotatable bonds is 6. The van der Waals surface area contributed by atoms with Crippen molar-refractivity contribution in [2.75, 3.05) is 12.5 Å². The molecule has 2 N–H and O–H groups in total. The normalized spacial score (nSPS) is 14.9. The molecule has 2 aromatic carbocycles. The van der Waals surface area contributed by atoms with E-state index in [4.69, 9.17) is 9.47 Å². The maximum absolute atomic E-state index is 12.4. The van der Waals surface area contributed by atoms with Crippen LogP contribution in [0.15, 0.2) is 53.7 Å². The first-order chi connectivity index (χ1) is 16.2. The maximum atomic E-state index is 12.4. The molecule has 0 bridgehead atoms. The number of benzene rings is 2. The molecule has 1 aliphatic carbocycles. The van der Waals surface area contributed by atoms with Crippen molar-refractivity contribution in [3.05, 3.63) is 48.5 Å². The number of para-hydroxylation sites is 1. The van der Waals surface area contributed by atoms with Crippen LogP contribution in [0.2, 0.25) is 0 Å². The highest BCUT2D eigenvalue weighted by Gasteiger charge is 2.22. The van der Waals surface area contributed by atoms with Gasteiger partial charge in [0.15, 0.2) is 22.5 Å². The van der Waals surface area contributed by atoms with E-state index in [-0.39, 0.29) is 24.5 Å². The van der Waals surface area contributed by atoms with Crippen LogP contribution in [0.5, 0.6) is 11.5 Å². The van der Waals surface area contributed by atoms with Gasteiger partial charge in [0.1, 0.15) is 0 Å². The van der Waals surface area contributed by atoms with Gasteiger partial charge < -0.3 is 14.8 Å². The number of urea groups is 1. The number of aromatic nitrogens is 3. The van der Waals surface area contributed by atoms with Gasteiger partial charge in [0, 0.05) is 17.3 Å². The third-order valence-electron chi connectivity index (χ3n) is 5.55. The molecule has 2 aliphatic rings. The highest BCUT2D eigenvalue weighted by Crippen LogP contribution is 2.37. The van der Waals surface area contributed by atoms with E-state index in [1.807, 2.05) is 53.1 Å². The van der Waals surface area contributed by atoms with Gasteiger partial charge in [-0.1, -0.05) is 42.8 Å². The monoisotopic (exact) mass is 465 g/mol. The maximum Gasteiger partial charge on any atom is 0.321 e. The Balaban J connectivity index is 1.33. The van der Waals surface area contributed by atoms with Crippen molar-refractivity contribution in [3.8, 4) is 28.6 Å². The molecule has 2 heterocycles. The van der Waals surface area contributed by atoms with Gasteiger partial charge in [-0.3, -0.25) is 14.7 Å². The molecule has 1 saturated carbocycles. The summed E-state index contributed by atoms with van der Waals surface area (Å²) >= 11 is 1.22. The summed E-state index contributed by atoms with van der Waals surface area (Å²) in [5.74, 6) is 1.59. The van der Waals surface area contributed by atoms with E-state index in [1.54, 1.807) is 0 Å². The number of carbonyl (C=O) groups is 2. The zero-order valence-electron chi connectivity index (χ0n) is 17.8. The number of imide groups is 1. The quantitative estimate of drug-likeness (QED) is 0.536. The van der Waals surface area contributed by atoms with E-state index in [9.17, 15) is 9.59 Å². The highest BCUT2D eigenvalue weighted by atomic mass is 32.2. The SMILES string of the molecule is O=C(CSc1nnc(-c2ccc3c(c2)OCO3)n1-c1ccccc1)NC(=O)NC1CCCC1. The van der Waals surface area contributed by atoms with Gasteiger partial charge in [-0.25, -0.2) is 4.79 Å². The lowest BCUT2D eigenvalue weighted by Gasteiger charge is -2.12. The van der Waals surface area contributed by atoms with Gasteiger partial charge >= 0.3 is 6.03 Å². The minimum absolute atomic E-state index is 0.0319. The number of nitrogens with zero attached hydrogens (tertiary/aromatic N) is 3. The van der Waals surface area contributed by atoms with Crippen molar-refractivity contribution >= 4 is 23.7 Å². The Morgan fingerprint density at radius 2 is 1.82 bits per heavy atom. The molecular weight excluding hydrogens is 442 g/mol. The van der Waals surface area contributed by atoms with Gasteiger partial charge in [0.2, 0.25) is 12.7 Å². The molecule has 33 heavy (non-hydrogen) atoms. The Bertz CT molecular complexity index is 1160. The fourth-order valence-electron chi connectivity index (χ4n) is 3.98. The second kappa shape index (κ2) is 9.53. The summed E-state index contributed by atoms with van der Waals surface area (Å²) in [5.41, 5.74) is 1.67. The first kappa shape index (κ1) is 21.3. The zero-order chi connectivity index (χ0) is 22.6. The van der Waals surface area contributed by atoms with Crippen molar-refractivity contribution < 1.29 is 19.1 Å². The standard InChI is InChI=1S/C23H23N5O4S/c29-20(25-22(30)24-16-6-4-5-7-16)13-33-23-27-26-21(28(23)17-8-2-1-3-9-17)15-10-11-18-19(12-15)32-14-31-18/h1-3,8-12,16H,4-7,13-14H2,(H2,24,25,29,30). The molecule has 0 spiro atoms. The lowest BCUT2D eigenvalue weighted by Crippen LogP contribution is -2.44. The summed E-state index contributed by atoms with van der Waals surface area (Å²) in [7, 11) is 0. The summed E-state index contributed by atoms with van der Waals surface area (Å²) in [6.07, 6.45) is 4.13. The summed E-state index contributed by atoms with van der Waals surface area (Å²) in [6.45, 7) is 0.189. The Kier molecular flexibility index (Phi) is 6.16. The first-order valence-electron chi connectivity index (χ1n) is 10.8. The van der Waals surface area contributed by atoms with Crippen molar-refractivity contribution in [2.45, 2.75) is 36.9 Å². The number of hydrogen-bond acceptors (Lipinski definition) is 7. The molecule has 3 aromatic rings. The van der Waals surface area contributed by atoms with Crippen LogP contribution in [0.1, 0.15) is 25.7 Å². The summed E-state index contributed by atoms with van der Waals surface area (Å²) < 4.78 is 12.8. The molecule has 9 nitrogen and oxygen atoms in total. The summed E-state index contributed by atoms with van der Waals surface area (Å²) in [4.78, 5) is 24.5. The Morgan fingerprint density at radius 1 is 1.03 bits per heavy atom. The van der Waals surface area contributed by atoms with E-state index in [1.165, 1.54) is 11.8 Å². The van der Waals surface area contributed by atoms with Gasteiger partial charge in [-0.05, 0) is 43.2 Å². The predicted octanol–water partition coefficient (Wildman–Crippen LogP) is 3.52. The largest absolute Gasteiger partial charge is 0.454 e. The average molecular weight is 466 g/mol. The molecule has 5 rings (SSSR count). The smallest absolute Gasteiger partial charge is 0.321 e. The van der Waals surface area contributed by atoms with Gasteiger partial charge in [0.25, 0.3) is 0 Å². The van der Waals surface area contributed by atoms with Crippen LogP contribution in [0.4, 0.5) is 4.79 Å². The molecular formula is C23H23N5O4S. The van der Waals surface area contributed by atoms with Crippen molar-refractivity contribution in [1.82, 2.24) is 25.4 Å². The number of nitrogens with one attached hydrogen (secondary N) is 2. The number of hydrogen-bond donors (Lipinski definition) is 2. The second-order valence-corrected chi connectivity index (χ2v) is 8.78. The fraction of sp³-hybridized carbons (Fsp3) is 0.304. The van der Waals surface area contributed by atoms with Gasteiger partial charge in [-0.15, -0.1) is 10.2 Å². The molecule has 0 saturated heterocycles. The summed E-state index contributed by atoms with van der Waals surface area (Å²) in [6, 6.07) is 15.0. The number of thioether (sulfide) groups is 1. The number of amides is 3. The van der Waals surface area contributed by atoms with Crippen LogP contribution >= 0.6 is 11.8 Å². The van der Waals surface area contributed by atoms with Crippen molar-refractivity contribution in [1.29, 1.82) is 0 Å². The fourth-order valence-corrected chi connectivity index (χ4v) is 4.73. The van der Waals surface area contributed by atoms with Crippen LogP contribution in [0.25, 0.3) is 17.1 Å². The zero-order valence-corrected chi connectivity index (χ0v) is 18.6. The van der Waals surface area contributed by atoms with E-state index in [2.05, 4.69) is 20.8 Å². The number of ether oxygens (including phenoxy) is 2. The highest BCUT2D eigenvalue weighted by molar-refractivity contribution is 7.99. The Morgan fingerprint density at radius 3 is 2.64 bits per heavy atom. The third-order valence-corrected chi connectivity index (χ3v) is 6.48. The molecule has 1 aliphatic heterocycles. The molecule has 10 heteroatoms. The Hall–Kier alpha value is -3.53. The minimum atomic E-state index is -0.446. The summed E-state index contributed by atoms with van der Waals surface area (Å²) in [5, 5.41) is 14.5. The topological polar surface area (TPSA) is 107 Å². The van der Waals surface area contributed by atoms with Crippen molar-refractivity contribution in [2.24, 2.45) is 0 Å². The second-order valence-electron chi connectivity index (χ2n) is 7.84. The van der Waals surface area contributed by atoms with E-state index >= 15 is 0 Å². The lowest BCUT2D eigenvalue weighted by molar-refractivity contribution is -0.117. The van der Waals surface area contributed by atoms with Gasteiger partial charge in [0.05, 0.1) is 5.75 Å². The molecule has 0 unspecified atom stereocenters. The predicted molar refractivity (Wildman–Crippen MR) is 123 cm³/mol. The molecule has 1 aromatic heterocycles. The molecule has 3 amide bonds. The average Bonchev–Trinajstić information content (AvgIpc) is 3.58. The van der Waals surface area contributed by atoms with Crippen LogP contribution in [-0.2, 0) is 4.79 Å². The molecule has 1 fully saturated rings. The van der Waals surface area contributed by atoms with Crippen LogP contribution in [-0.4, -0.2) is 45.3 Å². The molecule has 0 radical (unpaired) electrons. The first-order valence-corrected chi connectivity index (χ1v) is 11.8. The van der Waals surface area contributed by atoms with E-state index in [0.717, 1.165) is 36.9 Å². The van der Waals surface area contributed by atoms with Gasteiger partial charge in [-0.2, -0.15) is 0 Å². The van der Waals surface area contributed by atoms with E-state index in [0.29, 0.717) is 22.5 Å². The van der Waals surface area contributed by atoms with Crippen molar-refractivity contribution in [3.63, 3.8) is 0 Å². The van der Waals surface area contributed by atoms with E-state index < -0.39 is 6.03 Å². The van der Waals surface area contributed by atoms with Crippen LogP contribution in [0, 0.1) is 0 Å². The third kappa shape index (κ3) is 4.80. The van der Waals surface area contributed by atoms with Crippen LogP contribution < -0.4 is 20.1 Å². The number of fused-ring (bicyclic) bond motifs is 1. The number of carbonyl (C=O) groups excluding carboxylic acids is 2.